The molecule has 0 heterocycles. The number of hydrogen-bond donors (Lipinski definition) is 1. The Morgan fingerprint density at radius 2 is 1.95 bits per heavy atom. The largest absolute Gasteiger partial charge is 0.376 e. The quantitative estimate of drug-likeness (QED) is 0.658. The van der Waals surface area contributed by atoms with E-state index in [0.29, 0.717) is 5.69 Å². The first-order chi connectivity index (χ1) is 8.62. The number of benzene rings is 1. The van der Waals surface area contributed by atoms with Gasteiger partial charge in [-0.25, -0.2) is 12.8 Å². The molecule has 0 aliphatic heterocycles. The van der Waals surface area contributed by atoms with Gasteiger partial charge in [-0.3, -0.25) is 10.1 Å². The van der Waals surface area contributed by atoms with E-state index in [1.807, 2.05) is 0 Å². The molecule has 2 atom stereocenters. The van der Waals surface area contributed by atoms with E-state index in [-0.39, 0.29) is 0 Å². The maximum absolute atomic E-state index is 13.6. The van der Waals surface area contributed by atoms with Crippen LogP contribution in [0.5, 0.6) is 0 Å². The van der Waals surface area contributed by atoms with Gasteiger partial charge in [0.15, 0.2) is 9.84 Å². The number of hydrogen-bond acceptors (Lipinski definition) is 5. The van der Waals surface area contributed by atoms with Gasteiger partial charge in [-0.2, -0.15) is 0 Å². The predicted molar refractivity (Wildman–Crippen MR) is 69.1 cm³/mol. The van der Waals surface area contributed by atoms with Gasteiger partial charge in [0, 0.05) is 23.8 Å². The summed E-state index contributed by atoms with van der Waals surface area (Å²) in [4.78, 5) is 9.75. The highest BCUT2D eigenvalue weighted by atomic mass is 32.2. The molecule has 1 aromatic carbocycles. The molecule has 0 aromatic heterocycles. The van der Waals surface area contributed by atoms with Crippen molar-refractivity contribution in [1.29, 1.82) is 0 Å². The second-order valence-electron chi connectivity index (χ2n) is 4.38. The molecule has 0 amide bonds. The fourth-order valence-corrected chi connectivity index (χ4v) is 2.19. The molecule has 0 fully saturated rings. The molecular weight excluding hydrogens is 275 g/mol. The number of nitrogens with zero attached hydrogens (tertiary/aromatic N) is 1. The van der Waals surface area contributed by atoms with Crippen molar-refractivity contribution in [3.63, 3.8) is 0 Å². The Balaban J connectivity index is 2.94. The Kier molecular flexibility index (Phi) is 4.46. The summed E-state index contributed by atoms with van der Waals surface area (Å²) in [6.45, 7) is 3.02. The average molecular weight is 290 g/mol. The highest BCUT2D eigenvalue weighted by molar-refractivity contribution is 7.90. The molecule has 0 saturated carbocycles. The van der Waals surface area contributed by atoms with Crippen LogP contribution in [0.2, 0.25) is 0 Å². The number of nitro groups is 1. The average Bonchev–Trinajstić information content (AvgIpc) is 2.25. The van der Waals surface area contributed by atoms with E-state index in [9.17, 15) is 22.9 Å². The minimum atomic E-state index is -3.62. The molecule has 0 aliphatic rings. The molecule has 1 N–H and O–H groups in total. The van der Waals surface area contributed by atoms with Crippen LogP contribution in [0.4, 0.5) is 10.1 Å². The fourth-order valence-electron chi connectivity index (χ4n) is 1.46. The van der Waals surface area contributed by atoms with Gasteiger partial charge < -0.3 is 5.32 Å². The lowest BCUT2D eigenvalue weighted by atomic mass is 10.1. The predicted octanol–water partition coefficient (Wildman–Crippen LogP) is 1.69. The Labute approximate surface area is 110 Å². The van der Waals surface area contributed by atoms with Crippen molar-refractivity contribution in [1.82, 2.24) is 0 Å². The van der Waals surface area contributed by atoms with Crippen LogP contribution in [-0.4, -0.2) is 31.7 Å². The molecule has 0 spiro atoms. The second kappa shape index (κ2) is 5.52. The Morgan fingerprint density at radius 1 is 1.37 bits per heavy atom. The summed E-state index contributed by atoms with van der Waals surface area (Å²) in [7, 11) is -3.62. The highest BCUT2D eigenvalue weighted by Crippen LogP contribution is 2.20. The summed E-state index contributed by atoms with van der Waals surface area (Å²) in [5.41, 5.74) is 0.297. The molecule has 8 heteroatoms. The van der Waals surface area contributed by atoms with Crippen LogP contribution < -0.4 is 5.32 Å². The maximum atomic E-state index is 13.6. The molecule has 1 unspecified atom stereocenters. The van der Waals surface area contributed by atoms with Gasteiger partial charge in [-0.05, 0) is 25.1 Å². The molecule has 6 nitrogen and oxygen atoms in total. The number of nitrogens with one attached hydrogen (secondary N) is 1. The van der Waals surface area contributed by atoms with Crippen LogP contribution >= 0.6 is 0 Å². The molecule has 19 heavy (non-hydrogen) atoms. The maximum Gasteiger partial charge on any atom is 0.229 e. The number of sulfone groups is 1. The summed E-state index contributed by atoms with van der Waals surface area (Å²) >= 11 is 0. The van der Waals surface area contributed by atoms with Crippen molar-refractivity contribution in [2.45, 2.75) is 30.8 Å². The summed E-state index contributed by atoms with van der Waals surface area (Å²) < 4.78 is 36.1. The monoisotopic (exact) mass is 290 g/mol. The zero-order chi connectivity index (χ0) is 14.8. The van der Waals surface area contributed by atoms with Crippen molar-refractivity contribution in [2.24, 2.45) is 0 Å². The van der Waals surface area contributed by atoms with Gasteiger partial charge in [0.1, 0.15) is 10.7 Å². The van der Waals surface area contributed by atoms with Crippen LogP contribution in [-0.2, 0) is 9.84 Å². The van der Waals surface area contributed by atoms with Crippen LogP contribution in [0.25, 0.3) is 0 Å². The van der Waals surface area contributed by atoms with Crippen molar-refractivity contribution in [3.8, 4) is 0 Å². The normalized spacial score (nSPS) is 14.7. The highest BCUT2D eigenvalue weighted by Gasteiger charge is 2.22. The molecule has 1 aromatic rings. The van der Waals surface area contributed by atoms with Crippen molar-refractivity contribution < 1.29 is 17.7 Å². The van der Waals surface area contributed by atoms with E-state index in [4.69, 9.17) is 0 Å². The molecule has 106 valence electrons. The third kappa shape index (κ3) is 3.88. The lowest BCUT2D eigenvalue weighted by Crippen LogP contribution is -2.34. The lowest BCUT2D eigenvalue weighted by molar-refractivity contribution is -0.519. The zero-order valence-corrected chi connectivity index (χ0v) is 11.6. The van der Waals surface area contributed by atoms with Crippen LogP contribution in [0.1, 0.15) is 13.8 Å². The summed E-state index contributed by atoms with van der Waals surface area (Å²) in [5, 5.41) is 13.4. The molecule has 0 aliphatic carbocycles. The van der Waals surface area contributed by atoms with Crippen molar-refractivity contribution in [3.05, 3.63) is 34.1 Å². The number of rotatable bonds is 5. The van der Waals surface area contributed by atoms with E-state index in [1.165, 1.54) is 13.0 Å². The Bertz CT molecular complexity index is 588. The number of anilines is 1. The fraction of sp³-hybridized carbons (Fsp3) is 0.455. The summed E-state index contributed by atoms with van der Waals surface area (Å²) in [5.74, 6) is -0.881. The van der Waals surface area contributed by atoms with E-state index in [1.54, 1.807) is 6.92 Å². The molecular formula is C11H15FN2O4S. The van der Waals surface area contributed by atoms with Gasteiger partial charge in [0.25, 0.3) is 0 Å². The Hall–Kier alpha value is -1.70. The molecule has 0 saturated heterocycles. The minimum absolute atomic E-state index is 0.297. The smallest absolute Gasteiger partial charge is 0.229 e. The summed E-state index contributed by atoms with van der Waals surface area (Å²) in [6.07, 6.45) is 0.913. The van der Waals surface area contributed by atoms with E-state index >= 15 is 0 Å². The first kappa shape index (κ1) is 15.4. The van der Waals surface area contributed by atoms with Gasteiger partial charge in [-0.15, -0.1) is 0 Å². The van der Waals surface area contributed by atoms with E-state index in [0.717, 1.165) is 18.4 Å². The topological polar surface area (TPSA) is 89.3 Å². The summed E-state index contributed by atoms with van der Waals surface area (Å²) in [6, 6.07) is 2.16. The van der Waals surface area contributed by atoms with Crippen LogP contribution in [0, 0.1) is 15.9 Å². The van der Waals surface area contributed by atoms with Gasteiger partial charge in [0.05, 0.1) is 6.04 Å². The third-order valence-electron chi connectivity index (χ3n) is 2.78. The van der Waals surface area contributed by atoms with E-state index < -0.39 is 37.6 Å². The SMILES string of the molecule is CC(Nc1ccc(S(C)(=O)=O)c(F)c1)[C@@H](C)[N+](=O)[O-]. The molecule has 1 rings (SSSR count). The van der Waals surface area contributed by atoms with Crippen molar-refractivity contribution >= 4 is 15.5 Å². The minimum Gasteiger partial charge on any atom is -0.376 e. The van der Waals surface area contributed by atoms with Gasteiger partial charge >= 0.3 is 0 Å². The number of halogens is 1. The third-order valence-corrected chi connectivity index (χ3v) is 3.91. The zero-order valence-electron chi connectivity index (χ0n) is 10.8. The first-order valence-electron chi connectivity index (χ1n) is 5.52. The van der Waals surface area contributed by atoms with Gasteiger partial charge in [-0.1, -0.05) is 0 Å². The molecule has 0 radical (unpaired) electrons. The molecule has 0 bridgehead atoms. The van der Waals surface area contributed by atoms with Crippen LogP contribution in [0.15, 0.2) is 23.1 Å². The van der Waals surface area contributed by atoms with Gasteiger partial charge in [0.2, 0.25) is 6.04 Å². The standard InChI is InChI=1S/C11H15FN2O4S/c1-7(8(2)14(15)16)13-9-4-5-11(10(12)6-9)19(3,17)18/h4-8,13H,1-3H3/t7?,8-/m1/s1. The second-order valence-corrected chi connectivity index (χ2v) is 6.36. The van der Waals surface area contributed by atoms with E-state index in [2.05, 4.69) is 5.32 Å². The first-order valence-corrected chi connectivity index (χ1v) is 7.41. The van der Waals surface area contributed by atoms with Crippen molar-refractivity contribution in [2.75, 3.05) is 11.6 Å². The van der Waals surface area contributed by atoms with Crippen LogP contribution in [0.3, 0.4) is 0 Å². The lowest BCUT2D eigenvalue weighted by Gasteiger charge is -2.16. The Morgan fingerprint density at radius 3 is 2.37 bits per heavy atom.